The largest absolute Gasteiger partial charge is 0.466 e. The number of carbonyl (C=O) groups is 2. The van der Waals surface area contributed by atoms with Gasteiger partial charge >= 0.3 is 5.97 Å². The van der Waals surface area contributed by atoms with Crippen LogP contribution in [0.4, 0.5) is 0 Å². The van der Waals surface area contributed by atoms with Crippen molar-refractivity contribution < 1.29 is 14.3 Å². The minimum atomic E-state index is -0.394. The minimum Gasteiger partial charge on any atom is -0.466 e. The van der Waals surface area contributed by atoms with Gasteiger partial charge in [0.05, 0.1) is 6.61 Å². The molecule has 2 atom stereocenters. The molecule has 0 amide bonds. The number of hydrogen-bond acceptors (Lipinski definition) is 3. The standard InChI is InChI=1S/C12H19O3/c1-3-15-12(14)8-11(13)10-6-4-9(2)5-7-10/h6,9-10H,3-5,7-8H2,1-2H3. The van der Waals surface area contributed by atoms with Crippen molar-refractivity contribution in [1.29, 1.82) is 0 Å². The number of rotatable bonds is 4. The molecule has 0 saturated heterocycles. The first-order valence-electron chi connectivity index (χ1n) is 5.65. The smallest absolute Gasteiger partial charge is 0.313 e. The Kier molecular flexibility index (Phi) is 4.79. The average molecular weight is 211 g/mol. The van der Waals surface area contributed by atoms with E-state index >= 15 is 0 Å². The van der Waals surface area contributed by atoms with E-state index in [-0.39, 0.29) is 18.1 Å². The number of esters is 1. The summed E-state index contributed by atoms with van der Waals surface area (Å²) in [7, 11) is 0. The summed E-state index contributed by atoms with van der Waals surface area (Å²) in [6, 6.07) is 0. The van der Waals surface area contributed by atoms with E-state index in [9.17, 15) is 9.59 Å². The third-order valence-corrected chi connectivity index (χ3v) is 2.83. The zero-order chi connectivity index (χ0) is 11.3. The Bertz CT molecular complexity index is 227. The molecule has 3 nitrogen and oxygen atoms in total. The van der Waals surface area contributed by atoms with Crippen molar-refractivity contribution in [1.82, 2.24) is 0 Å². The van der Waals surface area contributed by atoms with E-state index in [0.29, 0.717) is 12.5 Å². The highest BCUT2D eigenvalue weighted by Gasteiger charge is 2.26. The molecular weight excluding hydrogens is 192 g/mol. The lowest BCUT2D eigenvalue weighted by Gasteiger charge is -2.24. The predicted octanol–water partition coefficient (Wildman–Crippen LogP) is 2.15. The van der Waals surface area contributed by atoms with Gasteiger partial charge < -0.3 is 4.74 Å². The molecule has 0 heterocycles. The Labute approximate surface area is 91.2 Å². The monoisotopic (exact) mass is 211 g/mol. The molecule has 0 aromatic carbocycles. The van der Waals surface area contributed by atoms with Gasteiger partial charge in [-0.1, -0.05) is 13.3 Å². The Balaban J connectivity index is 2.31. The molecule has 3 heteroatoms. The Hall–Kier alpha value is -0.860. The van der Waals surface area contributed by atoms with Crippen LogP contribution in [0.1, 0.15) is 39.5 Å². The molecule has 85 valence electrons. The maximum absolute atomic E-state index is 11.7. The Morgan fingerprint density at radius 3 is 2.67 bits per heavy atom. The van der Waals surface area contributed by atoms with Crippen LogP contribution < -0.4 is 0 Å². The lowest BCUT2D eigenvalue weighted by Crippen LogP contribution is -2.24. The third kappa shape index (κ3) is 4.02. The molecule has 15 heavy (non-hydrogen) atoms. The molecule has 0 aromatic rings. The van der Waals surface area contributed by atoms with Gasteiger partial charge in [-0.2, -0.15) is 0 Å². The molecule has 1 fully saturated rings. The first-order valence-corrected chi connectivity index (χ1v) is 5.65. The van der Waals surface area contributed by atoms with E-state index < -0.39 is 5.97 Å². The normalized spacial score (nSPS) is 26.0. The lowest BCUT2D eigenvalue weighted by molar-refractivity contribution is -0.146. The van der Waals surface area contributed by atoms with Crippen LogP contribution in [0.3, 0.4) is 0 Å². The van der Waals surface area contributed by atoms with Gasteiger partial charge in [0, 0.05) is 5.92 Å². The van der Waals surface area contributed by atoms with Gasteiger partial charge in [0.2, 0.25) is 0 Å². The van der Waals surface area contributed by atoms with Crippen molar-refractivity contribution >= 4 is 11.8 Å². The van der Waals surface area contributed by atoms with Crippen molar-refractivity contribution in [2.45, 2.75) is 39.5 Å². The van der Waals surface area contributed by atoms with Crippen LogP contribution in [0.15, 0.2) is 0 Å². The summed E-state index contributed by atoms with van der Waals surface area (Å²) in [6.45, 7) is 4.27. The molecule has 0 spiro atoms. The van der Waals surface area contributed by atoms with Gasteiger partial charge in [-0.3, -0.25) is 9.59 Å². The van der Waals surface area contributed by atoms with Crippen molar-refractivity contribution in [3.05, 3.63) is 6.42 Å². The van der Waals surface area contributed by atoms with Crippen LogP contribution >= 0.6 is 0 Å². The number of hydrogen-bond donors (Lipinski definition) is 0. The fourth-order valence-electron chi connectivity index (χ4n) is 1.87. The van der Waals surface area contributed by atoms with E-state index in [4.69, 9.17) is 4.74 Å². The highest BCUT2D eigenvalue weighted by atomic mass is 16.5. The topological polar surface area (TPSA) is 43.4 Å². The maximum Gasteiger partial charge on any atom is 0.313 e. The van der Waals surface area contributed by atoms with Crippen molar-refractivity contribution in [3.63, 3.8) is 0 Å². The van der Waals surface area contributed by atoms with Crippen LogP contribution in [-0.2, 0) is 14.3 Å². The van der Waals surface area contributed by atoms with E-state index in [1.54, 1.807) is 6.92 Å². The number of ether oxygens (including phenoxy) is 1. The molecule has 0 N–H and O–H groups in total. The lowest BCUT2D eigenvalue weighted by atomic mass is 9.80. The zero-order valence-corrected chi connectivity index (χ0v) is 9.49. The molecule has 0 aromatic heterocycles. The average Bonchev–Trinajstić information content (AvgIpc) is 2.18. The number of Topliss-reactive ketones (excluding diaryl/α,β-unsaturated/α-hetero) is 1. The van der Waals surface area contributed by atoms with Crippen LogP contribution in [-0.4, -0.2) is 18.4 Å². The predicted molar refractivity (Wildman–Crippen MR) is 57.1 cm³/mol. The van der Waals surface area contributed by atoms with Crippen LogP contribution in [0.25, 0.3) is 0 Å². The summed E-state index contributed by atoms with van der Waals surface area (Å²) in [4.78, 5) is 22.8. The second-order valence-electron chi connectivity index (χ2n) is 4.21. The summed E-state index contributed by atoms with van der Waals surface area (Å²) in [5.74, 6) is 0.275. The van der Waals surface area contributed by atoms with Crippen LogP contribution in [0, 0.1) is 18.3 Å². The molecule has 1 radical (unpaired) electrons. The maximum atomic E-state index is 11.7. The second kappa shape index (κ2) is 5.89. The van der Waals surface area contributed by atoms with Gasteiger partial charge in [0.1, 0.15) is 12.2 Å². The molecular formula is C12H19O3. The van der Waals surface area contributed by atoms with Gasteiger partial charge in [0.25, 0.3) is 0 Å². The van der Waals surface area contributed by atoms with E-state index in [2.05, 4.69) is 13.3 Å². The molecule has 0 aliphatic heterocycles. The van der Waals surface area contributed by atoms with Gasteiger partial charge in [-0.05, 0) is 32.1 Å². The van der Waals surface area contributed by atoms with Crippen molar-refractivity contribution in [2.24, 2.45) is 11.8 Å². The quantitative estimate of drug-likeness (QED) is 0.528. The minimum absolute atomic E-state index is 0.0142. The van der Waals surface area contributed by atoms with Crippen molar-refractivity contribution in [3.8, 4) is 0 Å². The van der Waals surface area contributed by atoms with Gasteiger partial charge in [-0.15, -0.1) is 0 Å². The summed E-state index contributed by atoms with van der Waals surface area (Å²) in [6.07, 6.45) is 4.94. The van der Waals surface area contributed by atoms with Crippen LogP contribution in [0.2, 0.25) is 0 Å². The molecule has 2 unspecified atom stereocenters. The number of ketones is 1. The van der Waals surface area contributed by atoms with Crippen LogP contribution in [0.5, 0.6) is 0 Å². The summed E-state index contributed by atoms with van der Waals surface area (Å²) < 4.78 is 4.75. The molecule has 1 aliphatic carbocycles. The number of carbonyl (C=O) groups excluding carboxylic acids is 2. The highest BCUT2D eigenvalue weighted by molar-refractivity contribution is 5.97. The first-order chi connectivity index (χ1) is 7.13. The van der Waals surface area contributed by atoms with Gasteiger partial charge in [-0.25, -0.2) is 0 Å². The van der Waals surface area contributed by atoms with E-state index in [1.165, 1.54) is 0 Å². The molecule has 1 rings (SSSR count). The van der Waals surface area contributed by atoms with E-state index in [0.717, 1.165) is 19.3 Å². The first kappa shape index (κ1) is 12.2. The molecule has 1 saturated carbocycles. The zero-order valence-electron chi connectivity index (χ0n) is 9.49. The summed E-state index contributed by atoms with van der Waals surface area (Å²) >= 11 is 0. The Morgan fingerprint density at radius 1 is 1.40 bits per heavy atom. The SMILES string of the molecule is CCOC(=O)CC(=O)C1[CH]CC(C)CC1. The van der Waals surface area contributed by atoms with Gasteiger partial charge in [0.15, 0.2) is 0 Å². The summed E-state index contributed by atoms with van der Waals surface area (Å²) in [5, 5.41) is 0. The highest BCUT2D eigenvalue weighted by Crippen LogP contribution is 2.28. The second-order valence-corrected chi connectivity index (χ2v) is 4.21. The van der Waals surface area contributed by atoms with E-state index in [1.807, 2.05) is 0 Å². The third-order valence-electron chi connectivity index (χ3n) is 2.83. The summed E-state index contributed by atoms with van der Waals surface area (Å²) in [5.41, 5.74) is 0. The molecule has 1 aliphatic rings. The molecule has 0 bridgehead atoms. The fraction of sp³-hybridized carbons (Fsp3) is 0.750. The fourth-order valence-corrected chi connectivity index (χ4v) is 1.87. The van der Waals surface area contributed by atoms with Crippen molar-refractivity contribution in [2.75, 3.05) is 6.61 Å². The Morgan fingerprint density at radius 2 is 2.13 bits per heavy atom.